The molecule has 0 atom stereocenters. The molecule has 0 heterocycles. The monoisotopic (exact) mass is 245 g/mol. The fourth-order valence-electron chi connectivity index (χ4n) is 1.37. The second-order valence-corrected chi connectivity index (χ2v) is 4.79. The Morgan fingerprint density at radius 3 is 2.18 bits per heavy atom. The standard InChI is InChI=1S/C13H18F3N/c1-12(2,13(14,15)16)8-9-17-10-11-6-4-3-5-7-11/h3-7,17H,8-10H2,1-2H3. The van der Waals surface area contributed by atoms with Gasteiger partial charge in [0.2, 0.25) is 0 Å². The van der Waals surface area contributed by atoms with Gasteiger partial charge in [-0.3, -0.25) is 0 Å². The highest BCUT2D eigenvalue weighted by Crippen LogP contribution is 2.39. The van der Waals surface area contributed by atoms with Crippen molar-refractivity contribution in [1.29, 1.82) is 0 Å². The predicted octanol–water partition coefficient (Wildman–Crippen LogP) is 3.75. The summed E-state index contributed by atoms with van der Waals surface area (Å²) in [6.45, 7) is 3.44. The molecule has 1 aromatic rings. The van der Waals surface area contributed by atoms with E-state index in [1.165, 1.54) is 13.8 Å². The van der Waals surface area contributed by atoms with Gasteiger partial charge in [-0.05, 0) is 18.5 Å². The Balaban J connectivity index is 2.30. The van der Waals surface area contributed by atoms with Crippen molar-refractivity contribution >= 4 is 0 Å². The van der Waals surface area contributed by atoms with Crippen LogP contribution in [-0.4, -0.2) is 12.7 Å². The summed E-state index contributed by atoms with van der Waals surface area (Å²) in [6.07, 6.45) is -4.05. The predicted molar refractivity (Wildman–Crippen MR) is 62.6 cm³/mol. The molecule has 4 heteroatoms. The number of rotatable bonds is 5. The Kier molecular flexibility index (Phi) is 4.57. The normalized spacial score (nSPS) is 12.8. The third-order valence-electron chi connectivity index (χ3n) is 2.87. The van der Waals surface area contributed by atoms with Gasteiger partial charge < -0.3 is 5.32 Å². The Bertz CT molecular complexity index is 330. The molecule has 0 radical (unpaired) electrons. The summed E-state index contributed by atoms with van der Waals surface area (Å²) >= 11 is 0. The van der Waals surface area contributed by atoms with Crippen LogP contribution in [0.1, 0.15) is 25.8 Å². The van der Waals surface area contributed by atoms with Crippen LogP contribution in [0.4, 0.5) is 13.2 Å². The van der Waals surface area contributed by atoms with Crippen LogP contribution < -0.4 is 5.32 Å². The van der Waals surface area contributed by atoms with Gasteiger partial charge >= 0.3 is 6.18 Å². The Morgan fingerprint density at radius 1 is 1.06 bits per heavy atom. The average Bonchev–Trinajstić information content (AvgIpc) is 2.24. The Hall–Kier alpha value is -1.03. The van der Waals surface area contributed by atoms with E-state index in [4.69, 9.17) is 0 Å². The largest absolute Gasteiger partial charge is 0.394 e. The SMILES string of the molecule is CC(C)(CCNCc1ccccc1)C(F)(F)F. The fourth-order valence-corrected chi connectivity index (χ4v) is 1.37. The van der Waals surface area contributed by atoms with E-state index in [0.29, 0.717) is 13.1 Å². The molecule has 0 aliphatic rings. The highest BCUT2D eigenvalue weighted by atomic mass is 19.4. The summed E-state index contributed by atoms with van der Waals surface area (Å²) in [4.78, 5) is 0. The van der Waals surface area contributed by atoms with Gasteiger partial charge in [-0.1, -0.05) is 44.2 Å². The van der Waals surface area contributed by atoms with Crippen LogP contribution in [0.2, 0.25) is 0 Å². The van der Waals surface area contributed by atoms with Crippen molar-refractivity contribution in [2.75, 3.05) is 6.54 Å². The van der Waals surface area contributed by atoms with Crippen LogP contribution in [0, 0.1) is 5.41 Å². The molecule has 0 saturated carbocycles. The molecule has 96 valence electrons. The maximum atomic E-state index is 12.6. The van der Waals surface area contributed by atoms with Crippen LogP contribution in [0.15, 0.2) is 30.3 Å². The first-order valence-electron chi connectivity index (χ1n) is 5.64. The van der Waals surface area contributed by atoms with Crippen LogP contribution >= 0.6 is 0 Å². The lowest BCUT2D eigenvalue weighted by Crippen LogP contribution is -2.35. The number of alkyl halides is 3. The molecule has 0 saturated heterocycles. The molecule has 1 N–H and O–H groups in total. The Morgan fingerprint density at radius 2 is 1.65 bits per heavy atom. The summed E-state index contributed by atoms with van der Waals surface area (Å²) in [5, 5.41) is 3.03. The van der Waals surface area contributed by atoms with Gasteiger partial charge in [0.1, 0.15) is 0 Å². The van der Waals surface area contributed by atoms with Crippen molar-refractivity contribution in [1.82, 2.24) is 5.32 Å². The molecule has 0 aliphatic heterocycles. The van der Waals surface area contributed by atoms with Crippen LogP contribution in [-0.2, 0) is 6.54 Å². The van der Waals surface area contributed by atoms with E-state index < -0.39 is 11.6 Å². The van der Waals surface area contributed by atoms with Gasteiger partial charge in [0.05, 0.1) is 5.41 Å². The molecule has 0 aromatic heterocycles. The highest BCUT2D eigenvalue weighted by molar-refractivity contribution is 5.14. The molecule has 0 fully saturated rings. The molecular weight excluding hydrogens is 227 g/mol. The van der Waals surface area contributed by atoms with Gasteiger partial charge in [0, 0.05) is 6.54 Å². The molecule has 0 unspecified atom stereocenters. The van der Waals surface area contributed by atoms with Crippen molar-refractivity contribution in [2.24, 2.45) is 5.41 Å². The van der Waals surface area contributed by atoms with Crippen LogP contribution in [0.5, 0.6) is 0 Å². The quantitative estimate of drug-likeness (QED) is 0.779. The number of hydrogen-bond acceptors (Lipinski definition) is 1. The second kappa shape index (κ2) is 5.54. The third-order valence-corrected chi connectivity index (χ3v) is 2.87. The minimum Gasteiger partial charge on any atom is -0.313 e. The van der Waals surface area contributed by atoms with Crippen molar-refractivity contribution < 1.29 is 13.2 Å². The molecule has 0 spiro atoms. The van der Waals surface area contributed by atoms with Crippen LogP contribution in [0.25, 0.3) is 0 Å². The molecule has 1 rings (SSSR count). The number of halogens is 3. The van der Waals surface area contributed by atoms with Crippen molar-refractivity contribution in [3.63, 3.8) is 0 Å². The number of nitrogens with one attached hydrogen (secondary N) is 1. The maximum Gasteiger partial charge on any atom is 0.394 e. The van der Waals surface area contributed by atoms with Gasteiger partial charge in [-0.2, -0.15) is 13.2 Å². The molecule has 0 aliphatic carbocycles. The van der Waals surface area contributed by atoms with E-state index >= 15 is 0 Å². The van der Waals surface area contributed by atoms with E-state index in [2.05, 4.69) is 5.32 Å². The lowest BCUT2D eigenvalue weighted by atomic mass is 9.88. The zero-order valence-corrected chi connectivity index (χ0v) is 10.1. The summed E-state index contributed by atoms with van der Waals surface area (Å²) in [6, 6.07) is 9.63. The van der Waals surface area contributed by atoms with Gasteiger partial charge in [-0.15, -0.1) is 0 Å². The summed E-state index contributed by atoms with van der Waals surface area (Å²) in [5.74, 6) is 0. The fraction of sp³-hybridized carbons (Fsp3) is 0.538. The highest BCUT2D eigenvalue weighted by Gasteiger charge is 2.46. The van der Waals surface area contributed by atoms with Crippen molar-refractivity contribution in [3.05, 3.63) is 35.9 Å². The van der Waals surface area contributed by atoms with E-state index in [0.717, 1.165) is 5.56 Å². The van der Waals surface area contributed by atoms with E-state index in [1.807, 2.05) is 30.3 Å². The topological polar surface area (TPSA) is 12.0 Å². The van der Waals surface area contributed by atoms with Crippen molar-refractivity contribution in [2.45, 2.75) is 33.0 Å². The molecule has 0 bridgehead atoms. The zero-order valence-electron chi connectivity index (χ0n) is 10.1. The van der Waals surface area contributed by atoms with Crippen molar-refractivity contribution in [3.8, 4) is 0 Å². The molecular formula is C13H18F3N. The number of hydrogen-bond donors (Lipinski definition) is 1. The molecule has 1 nitrogen and oxygen atoms in total. The first-order chi connectivity index (χ1) is 7.83. The summed E-state index contributed by atoms with van der Waals surface area (Å²) in [5.41, 5.74) is -0.547. The molecule has 0 amide bonds. The van der Waals surface area contributed by atoms with E-state index in [1.54, 1.807) is 0 Å². The maximum absolute atomic E-state index is 12.6. The minimum atomic E-state index is -4.14. The first kappa shape index (κ1) is 14.0. The zero-order chi connectivity index (χ0) is 12.9. The molecule has 17 heavy (non-hydrogen) atoms. The van der Waals surface area contributed by atoms with E-state index in [-0.39, 0.29) is 6.42 Å². The lowest BCUT2D eigenvalue weighted by molar-refractivity contribution is -0.213. The number of benzene rings is 1. The van der Waals surface area contributed by atoms with Gasteiger partial charge in [0.15, 0.2) is 0 Å². The minimum absolute atomic E-state index is 0.0866. The lowest BCUT2D eigenvalue weighted by Gasteiger charge is -2.27. The smallest absolute Gasteiger partial charge is 0.313 e. The van der Waals surface area contributed by atoms with Gasteiger partial charge in [-0.25, -0.2) is 0 Å². The average molecular weight is 245 g/mol. The second-order valence-electron chi connectivity index (χ2n) is 4.79. The van der Waals surface area contributed by atoms with Crippen LogP contribution in [0.3, 0.4) is 0 Å². The van der Waals surface area contributed by atoms with Gasteiger partial charge in [0.25, 0.3) is 0 Å². The van der Waals surface area contributed by atoms with E-state index in [9.17, 15) is 13.2 Å². The summed E-state index contributed by atoms with van der Waals surface area (Å²) in [7, 11) is 0. The first-order valence-corrected chi connectivity index (χ1v) is 5.64. The Labute approximate surface area is 100 Å². The third kappa shape index (κ3) is 4.38. The summed E-state index contributed by atoms with van der Waals surface area (Å²) < 4.78 is 37.7. The molecule has 1 aromatic carbocycles.